The van der Waals surface area contributed by atoms with E-state index in [4.69, 9.17) is 0 Å². The number of pyridine rings is 1. The van der Waals surface area contributed by atoms with Crippen LogP contribution in [-0.2, 0) is 6.54 Å². The number of hydrogen-bond donors (Lipinski definition) is 1. The summed E-state index contributed by atoms with van der Waals surface area (Å²) in [6, 6.07) is 14.7. The first kappa shape index (κ1) is 15.3. The summed E-state index contributed by atoms with van der Waals surface area (Å²) in [5, 5.41) is 0. The molecule has 0 saturated carbocycles. The van der Waals surface area contributed by atoms with Gasteiger partial charge in [-0.15, -0.1) is 0 Å². The van der Waals surface area contributed by atoms with Gasteiger partial charge in [0.1, 0.15) is 5.82 Å². The maximum Gasteiger partial charge on any atom is 0.121 e. The summed E-state index contributed by atoms with van der Waals surface area (Å²) in [6.07, 6.45) is 1.88. The van der Waals surface area contributed by atoms with E-state index in [0.29, 0.717) is 6.04 Å². The third kappa shape index (κ3) is 3.18. The van der Waals surface area contributed by atoms with Crippen molar-refractivity contribution < 1.29 is 0 Å². The van der Waals surface area contributed by atoms with Crippen molar-refractivity contribution in [1.82, 2.24) is 24.8 Å². The van der Waals surface area contributed by atoms with E-state index in [1.807, 2.05) is 24.4 Å². The highest BCUT2D eigenvalue weighted by Gasteiger charge is 2.23. The van der Waals surface area contributed by atoms with E-state index >= 15 is 0 Å². The van der Waals surface area contributed by atoms with Gasteiger partial charge in [-0.25, -0.2) is 4.98 Å². The molecule has 2 aromatic heterocycles. The van der Waals surface area contributed by atoms with Crippen LogP contribution in [0.3, 0.4) is 0 Å². The molecule has 1 aliphatic rings. The summed E-state index contributed by atoms with van der Waals surface area (Å²) in [5.41, 5.74) is 3.33. The second kappa shape index (κ2) is 6.71. The second-order valence-corrected chi connectivity index (χ2v) is 6.44. The van der Waals surface area contributed by atoms with Crippen LogP contribution in [0.4, 0.5) is 0 Å². The predicted octanol–water partition coefficient (Wildman–Crippen LogP) is 2.84. The van der Waals surface area contributed by atoms with Crippen molar-refractivity contribution in [2.45, 2.75) is 19.5 Å². The Morgan fingerprint density at radius 1 is 1.04 bits per heavy atom. The van der Waals surface area contributed by atoms with Crippen molar-refractivity contribution in [2.75, 3.05) is 26.2 Å². The minimum Gasteiger partial charge on any atom is -0.341 e. The van der Waals surface area contributed by atoms with Gasteiger partial charge >= 0.3 is 0 Å². The molecule has 3 aromatic rings. The molecule has 1 atom stereocenters. The highest BCUT2D eigenvalue weighted by atomic mass is 15.3. The molecule has 3 heterocycles. The molecule has 5 heteroatoms. The maximum atomic E-state index is 4.69. The van der Waals surface area contributed by atoms with E-state index in [0.717, 1.165) is 55.3 Å². The number of fused-ring (bicyclic) bond motifs is 1. The molecule has 0 aliphatic carbocycles. The zero-order chi connectivity index (χ0) is 16.4. The Kier molecular flexibility index (Phi) is 4.28. The summed E-state index contributed by atoms with van der Waals surface area (Å²) in [7, 11) is 0. The van der Waals surface area contributed by atoms with E-state index in [9.17, 15) is 0 Å². The first-order valence-electron chi connectivity index (χ1n) is 8.60. The number of nitrogens with zero attached hydrogens (tertiary/aromatic N) is 4. The summed E-state index contributed by atoms with van der Waals surface area (Å²) in [6.45, 7) is 7.40. The highest BCUT2D eigenvalue weighted by Crippen LogP contribution is 2.20. The normalized spacial score (nSPS) is 18.0. The lowest BCUT2D eigenvalue weighted by Crippen LogP contribution is -2.46. The molecule has 0 bridgehead atoms. The number of aromatic nitrogens is 3. The van der Waals surface area contributed by atoms with Gasteiger partial charge in [-0.2, -0.15) is 0 Å². The van der Waals surface area contributed by atoms with Crippen molar-refractivity contribution in [3.05, 3.63) is 60.2 Å². The number of rotatable bonds is 4. The summed E-state index contributed by atoms with van der Waals surface area (Å²) in [5.74, 6) is 1.06. The van der Waals surface area contributed by atoms with Gasteiger partial charge in [0.05, 0.1) is 23.3 Å². The molecule has 1 saturated heterocycles. The van der Waals surface area contributed by atoms with Crippen molar-refractivity contribution in [3.63, 3.8) is 0 Å². The van der Waals surface area contributed by atoms with Crippen molar-refractivity contribution in [2.24, 2.45) is 0 Å². The summed E-state index contributed by atoms with van der Waals surface area (Å²) >= 11 is 0. The molecule has 0 amide bonds. The van der Waals surface area contributed by atoms with Crippen LogP contribution in [0.2, 0.25) is 0 Å². The zero-order valence-corrected chi connectivity index (χ0v) is 14.0. The van der Waals surface area contributed by atoms with Crippen LogP contribution < -0.4 is 0 Å². The minimum absolute atomic E-state index is 0.375. The van der Waals surface area contributed by atoms with E-state index in [2.05, 4.69) is 55.9 Å². The van der Waals surface area contributed by atoms with E-state index < -0.39 is 0 Å². The lowest BCUT2D eigenvalue weighted by atomic mass is 10.1. The number of para-hydroxylation sites is 2. The molecule has 4 rings (SSSR count). The topological polar surface area (TPSA) is 48.1 Å². The maximum absolute atomic E-state index is 4.69. The van der Waals surface area contributed by atoms with E-state index in [1.165, 1.54) is 0 Å². The molecule has 1 fully saturated rings. The van der Waals surface area contributed by atoms with Crippen molar-refractivity contribution in [1.29, 1.82) is 0 Å². The highest BCUT2D eigenvalue weighted by molar-refractivity contribution is 5.74. The standard InChI is InChI=1S/C19H23N5/c1-15(16-6-4-5-9-20-16)24-12-10-23(11-13-24)14-19-21-17-7-2-3-8-18(17)22-19/h2-9,15H,10-14H2,1H3,(H,21,22)/t15-/m0/s1. The van der Waals surface area contributed by atoms with Crippen LogP contribution in [0.1, 0.15) is 24.5 Å². The second-order valence-electron chi connectivity index (χ2n) is 6.44. The zero-order valence-electron chi connectivity index (χ0n) is 14.0. The van der Waals surface area contributed by atoms with E-state index in [-0.39, 0.29) is 0 Å². The average Bonchev–Trinajstić information content (AvgIpc) is 3.05. The Morgan fingerprint density at radius 3 is 2.58 bits per heavy atom. The Bertz CT molecular complexity index is 757. The van der Waals surface area contributed by atoms with Gasteiger partial charge in [0, 0.05) is 38.4 Å². The predicted molar refractivity (Wildman–Crippen MR) is 95.6 cm³/mol. The number of imidazole rings is 1. The third-order valence-electron chi connectivity index (χ3n) is 4.88. The number of hydrogen-bond acceptors (Lipinski definition) is 4. The van der Waals surface area contributed by atoms with Crippen molar-refractivity contribution >= 4 is 11.0 Å². The van der Waals surface area contributed by atoms with Gasteiger partial charge in [-0.3, -0.25) is 14.8 Å². The van der Waals surface area contributed by atoms with Crippen LogP contribution in [0.25, 0.3) is 11.0 Å². The number of nitrogens with one attached hydrogen (secondary N) is 1. The van der Waals surface area contributed by atoms with Crippen LogP contribution in [0, 0.1) is 0 Å². The minimum atomic E-state index is 0.375. The van der Waals surface area contributed by atoms with Crippen LogP contribution in [-0.4, -0.2) is 50.9 Å². The quantitative estimate of drug-likeness (QED) is 0.803. The lowest BCUT2D eigenvalue weighted by molar-refractivity contribution is 0.0950. The first-order valence-corrected chi connectivity index (χ1v) is 8.60. The molecule has 1 aromatic carbocycles. The van der Waals surface area contributed by atoms with Gasteiger partial charge < -0.3 is 4.98 Å². The van der Waals surface area contributed by atoms with Gasteiger partial charge in [-0.05, 0) is 31.2 Å². The first-order chi connectivity index (χ1) is 11.8. The molecule has 0 spiro atoms. The SMILES string of the molecule is C[C@@H](c1ccccn1)N1CCN(Cc2nc3ccccc3[nH]2)CC1. The Labute approximate surface area is 142 Å². The largest absolute Gasteiger partial charge is 0.341 e. The molecular formula is C19H23N5. The van der Waals surface area contributed by atoms with Gasteiger partial charge in [0.25, 0.3) is 0 Å². The Balaban J connectivity index is 1.36. The number of piperazine rings is 1. The molecule has 0 unspecified atom stereocenters. The van der Waals surface area contributed by atoms with Crippen molar-refractivity contribution in [3.8, 4) is 0 Å². The lowest BCUT2D eigenvalue weighted by Gasteiger charge is -2.37. The smallest absolute Gasteiger partial charge is 0.121 e. The molecule has 0 radical (unpaired) electrons. The molecule has 124 valence electrons. The average molecular weight is 321 g/mol. The van der Waals surface area contributed by atoms with Crippen LogP contribution in [0.5, 0.6) is 0 Å². The number of H-pyrrole nitrogens is 1. The summed E-state index contributed by atoms with van der Waals surface area (Å²) in [4.78, 5) is 17.6. The number of benzene rings is 1. The van der Waals surface area contributed by atoms with Gasteiger partial charge in [0.2, 0.25) is 0 Å². The fraction of sp³-hybridized carbons (Fsp3) is 0.368. The van der Waals surface area contributed by atoms with Crippen LogP contribution >= 0.6 is 0 Å². The Hall–Kier alpha value is -2.24. The van der Waals surface area contributed by atoms with E-state index in [1.54, 1.807) is 0 Å². The summed E-state index contributed by atoms with van der Waals surface area (Å²) < 4.78 is 0. The van der Waals surface area contributed by atoms with Gasteiger partial charge in [-0.1, -0.05) is 18.2 Å². The molecule has 1 aliphatic heterocycles. The molecule has 5 nitrogen and oxygen atoms in total. The Morgan fingerprint density at radius 2 is 1.83 bits per heavy atom. The van der Waals surface area contributed by atoms with Gasteiger partial charge in [0.15, 0.2) is 0 Å². The molecule has 1 N–H and O–H groups in total. The third-order valence-corrected chi connectivity index (χ3v) is 4.88. The molecule has 24 heavy (non-hydrogen) atoms. The fourth-order valence-electron chi connectivity index (χ4n) is 3.41. The number of aromatic amines is 1. The fourth-order valence-corrected chi connectivity index (χ4v) is 3.41. The monoisotopic (exact) mass is 321 g/mol. The molecular weight excluding hydrogens is 298 g/mol. The van der Waals surface area contributed by atoms with Crippen LogP contribution in [0.15, 0.2) is 48.7 Å².